The summed E-state index contributed by atoms with van der Waals surface area (Å²) in [6.07, 6.45) is 3.68. The van der Waals surface area contributed by atoms with E-state index in [0.717, 1.165) is 11.2 Å². The highest BCUT2D eigenvalue weighted by molar-refractivity contribution is 5.98. The largest absolute Gasteiger partial charge is 0.264 e. The summed E-state index contributed by atoms with van der Waals surface area (Å²) in [5.41, 5.74) is 4.46. The quantitative estimate of drug-likeness (QED) is 0.549. The first-order chi connectivity index (χ1) is 7.36. The average molecular weight is 194 g/mol. The van der Waals surface area contributed by atoms with Gasteiger partial charge in [0.2, 0.25) is 0 Å². The minimum absolute atomic E-state index is 1.02. The van der Waals surface area contributed by atoms with Crippen LogP contribution >= 0.6 is 0 Å². The Kier molecular flexibility index (Phi) is 1.68. The summed E-state index contributed by atoms with van der Waals surface area (Å²) in [7, 11) is 0. The molecule has 0 radical (unpaired) electrons. The Morgan fingerprint density at radius 3 is 2.87 bits per heavy atom. The molecule has 3 rings (SSSR count). The maximum atomic E-state index is 4.58. The van der Waals surface area contributed by atoms with Gasteiger partial charge in [0.05, 0.1) is 11.2 Å². The van der Waals surface area contributed by atoms with Crippen LogP contribution in [0.4, 0.5) is 0 Å². The molecule has 0 spiro atoms. The van der Waals surface area contributed by atoms with Crippen molar-refractivity contribution in [3.05, 3.63) is 48.3 Å². The van der Waals surface area contributed by atoms with E-state index in [4.69, 9.17) is 0 Å². The third-order valence-corrected chi connectivity index (χ3v) is 2.65. The molecule has 0 N–H and O–H groups in total. The number of fused-ring (bicyclic) bond motifs is 3. The van der Waals surface area contributed by atoms with E-state index in [9.17, 15) is 0 Å². The molecule has 0 atom stereocenters. The van der Waals surface area contributed by atoms with Crippen LogP contribution in [-0.2, 0) is 0 Å². The van der Waals surface area contributed by atoms with Crippen LogP contribution < -0.4 is 0 Å². The zero-order valence-corrected chi connectivity index (χ0v) is 8.44. The minimum Gasteiger partial charge on any atom is -0.264 e. The molecule has 0 amide bonds. The molecule has 15 heavy (non-hydrogen) atoms. The van der Waals surface area contributed by atoms with E-state index in [-0.39, 0.29) is 0 Å². The second-order valence-electron chi connectivity index (χ2n) is 3.67. The number of para-hydroxylation sites is 1. The highest BCUT2D eigenvalue weighted by Gasteiger charge is 2.11. The number of aryl methyl sites for hydroxylation is 1. The van der Waals surface area contributed by atoms with Crippen molar-refractivity contribution in [1.29, 1.82) is 0 Å². The molecule has 0 aromatic heterocycles. The summed E-state index contributed by atoms with van der Waals surface area (Å²) in [5, 5.41) is 1.21. The summed E-state index contributed by atoms with van der Waals surface area (Å²) in [6.45, 7) is 2.07. The predicted octanol–water partition coefficient (Wildman–Crippen LogP) is 3.04. The molecular formula is C13H10N2. The molecule has 1 aromatic carbocycles. The van der Waals surface area contributed by atoms with Crippen molar-refractivity contribution in [3.63, 3.8) is 0 Å². The topological polar surface area (TPSA) is 25.8 Å². The molecule has 1 aromatic rings. The third-order valence-electron chi connectivity index (χ3n) is 2.65. The first-order valence-corrected chi connectivity index (χ1v) is 4.95. The van der Waals surface area contributed by atoms with Crippen LogP contribution in [0.3, 0.4) is 0 Å². The van der Waals surface area contributed by atoms with Gasteiger partial charge >= 0.3 is 0 Å². The van der Waals surface area contributed by atoms with Crippen LogP contribution in [0.1, 0.15) is 5.56 Å². The Labute approximate surface area is 88.0 Å². The highest BCUT2D eigenvalue weighted by Crippen LogP contribution is 2.31. The van der Waals surface area contributed by atoms with E-state index in [1.54, 1.807) is 6.20 Å². The summed E-state index contributed by atoms with van der Waals surface area (Å²) in [6, 6.07) is 10.2. The van der Waals surface area contributed by atoms with Gasteiger partial charge in [-0.25, -0.2) is 4.98 Å². The second-order valence-corrected chi connectivity index (χ2v) is 3.67. The van der Waals surface area contributed by atoms with E-state index in [1.165, 1.54) is 16.5 Å². The molecule has 0 aliphatic carbocycles. The zero-order valence-electron chi connectivity index (χ0n) is 8.44. The van der Waals surface area contributed by atoms with Crippen molar-refractivity contribution in [2.75, 3.05) is 0 Å². The molecule has 0 saturated heterocycles. The van der Waals surface area contributed by atoms with Gasteiger partial charge < -0.3 is 0 Å². The van der Waals surface area contributed by atoms with Crippen LogP contribution in [0, 0.1) is 6.92 Å². The Bertz CT molecular complexity index is 602. The lowest BCUT2D eigenvalue weighted by molar-refractivity contribution is 1.32. The molecule has 0 fully saturated rings. The van der Waals surface area contributed by atoms with Gasteiger partial charge in [0, 0.05) is 23.3 Å². The molecule has 2 heteroatoms. The summed E-state index contributed by atoms with van der Waals surface area (Å²) in [5.74, 6) is 0. The van der Waals surface area contributed by atoms with Gasteiger partial charge in [-0.2, -0.15) is 0 Å². The molecule has 2 nitrogen and oxygen atoms in total. The Morgan fingerprint density at radius 1 is 1.07 bits per heavy atom. The van der Waals surface area contributed by atoms with Crippen molar-refractivity contribution < 1.29 is 0 Å². The van der Waals surface area contributed by atoms with Gasteiger partial charge in [-0.1, -0.05) is 18.2 Å². The number of rotatable bonds is 0. The van der Waals surface area contributed by atoms with E-state index in [1.807, 2.05) is 30.5 Å². The molecule has 2 heterocycles. The van der Waals surface area contributed by atoms with Gasteiger partial charge in [0.25, 0.3) is 0 Å². The molecule has 2 aliphatic heterocycles. The lowest BCUT2D eigenvalue weighted by atomic mass is 10.1. The van der Waals surface area contributed by atoms with Crippen molar-refractivity contribution in [3.8, 4) is 11.3 Å². The van der Waals surface area contributed by atoms with Crippen LogP contribution in [0.2, 0.25) is 0 Å². The van der Waals surface area contributed by atoms with E-state index < -0.39 is 0 Å². The average Bonchev–Trinajstić information content (AvgIpc) is 2.53. The van der Waals surface area contributed by atoms with Gasteiger partial charge in [-0.15, -0.1) is 0 Å². The van der Waals surface area contributed by atoms with Crippen molar-refractivity contribution in [2.24, 2.45) is 0 Å². The minimum atomic E-state index is 1.02. The smallest absolute Gasteiger partial charge is 0.0734 e. The van der Waals surface area contributed by atoms with Crippen LogP contribution in [0.15, 0.2) is 42.7 Å². The SMILES string of the molecule is Cc1cnccc2nc3ccccc3c1-2. The van der Waals surface area contributed by atoms with Crippen molar-refractivity contribution >= 4 is 10.9 Å². The Morgan fingerprint density at radius 2 is 1.93 bits per heavy atom. The normalized spacial score (nSPS) is 11.0. The fourth-order valence-corrected chi connectivity index (χ4v) is 1.97. The first-order valence-electron chi connectivity index (χ1n) is 4.95. The molecule has 0 saturated carbocycles. The van der Waals surface area contributed by atoms with E-state index in [2.05, 4.69) is 23.0 Å². The number of nitrogens with zero attached hydrogens (tertiary/aromatic N) is 2. The molecular weight excluding hydrogens is 184 g/mol. The van der Waals surface area contributed by atoms with Crippen LogP contribution in [0.5, 0.6) is 0 Å². The fourth-order valence-electron chi connectivity index (χ4n) is 1.97. The lowest BCUT2D eigenvalue weighted by Crippen LogP contribution is -1.75. The number of hydrogen-bond acceptors (Lipinski definition) is 2. The summed E-state index contributed by atoms with van der Waals surface area (Å²) >= 11 is 0. The number of hydrogen-bond donors (Lipinski definition) is 0. The number of aromatic nitrogens is 2. The summed E-state index contributed by atoms with van der Waals surface area (Å²) < 4.78 is 0. The van der Waals surface area contributed by atoms with E-state index in [0.29, 0.717) is 0 Å². The molecule has 2 aliphatic rings. The maximum Gasteiger partial charge on any atom is 0.0734 e. The van der Waals surface area contributed by atoms with Crippen molar-refractivity contribution in [2.45, 2.75) is 6.92 Å². The molecule has 0 bridgehead atoms. The van der Waals surface area contributed by atoms with Gasteiger partial charge in [0.15, 0.2) is 0 Å². The monoisotopic (exact) mass is 194 g/mol. The zero-order chi connectivity index (χ0) is 10.3. The van der Waals surface area contributed by atoms with Gasteiger partial charge in [-0.3, -0.25) is 4.98 Å². The molecule has 0 unspecified atom stereocenters. The summed E-state index contributed by atoms with van der Waals surface area (Å²) in [4.78, 5) is 8.74. The Balaban J connectivity index is 2.55. The first kappa shape index (κ1) is 8.36. The highest BCUT2D eigenvalue weighted by atomic mass is 14.7. The van der Waals surface area contributed by atoms with Crippen LogP contribution in [-0.4, -0.2) is 9.97 Å². The predicted molar refractivity (Wildman–Crippen MR) is 60.9 cm³/mol. The van der Waals surface area contributed by atoms with Crippen molar-refractivity contribution in [1.82, 2.24) is 9.97 Å². The van der Waals surface area contributed by atoms with Gasteiger partial charge in [0.1, 0.15) is 0 Å². The van der Waals surface area contributed by atoms with Gasteiger partial charge in [-0.05, 0) is 24.6 Å². The maximum absolute atomic E-state index is 4.58. The van der Waals surface area contributed by atoms with E-state index >= 15 is 0 Å². The fraction of sp³-hybridized carbons (Fsp3) is 0.0769. The number of benzene rings is 1. The lowest BCUT2D eigenvalue weighted by Gasteiger charge is -1.95. The standard InChI is InChI=1S/C13H10N2/c1-9-8-14-7-6-12-13(9)10-4-2-3-5-11(10)15-12/h2-8H,1H3. The third kappa shape index (κ3) is 1.18. The Hall–Kier alpha value is -1.96. The van der Waals surface area contributed by atoms with Crippen LogP contribution in [0.25, 0.3) is 22.2 Å². The molecule has 72 valence electrons. The second kappa shape index (κ2) is 3.02.